The third-order valence-corrected chi connectivity index (χ3v) is 6.22. The van der Waals surface area contributed by atoms with Gasteiger partial charge in [0.25, 0.3) is 5.91 Å². The topological polar surface area (TPSA) is 55.3 Å². The van der Waals surface area contributed by atoms with Crippen molar-refractivity contribution < 1.29 is 13.9 Å². The summed E-state index contributed by atoms with van der Waals surface area (Å²) in [4.78, 5) is 23.6. The molecule has 0 unspecified atom stereocenters. The number of carbonyl (C=O) groups is 1. The molecule has 2 aromatic heterocycles. The fourth-order valence-corrected chi connectivity index (χ4v) is 4.43. The minimum Gasteiger partial charge on any atom is -0.494 e. The van der Waals surface area contributed by atoms with Gasteiger partial charge in [0.2, 0.25) is 0 Å². The summed E-state index contributed by atoms with van der Waals surface area (Å²) in [6.07, 6.45) is 3.31. The normalized spacial score (nSPS) is 10.9. The number of nitrogens with zero attached hydrogens (tertiary/aromatic N) is 3. The van der Waals surface area contributed by atoms with Crippen molar-refractivity contribution in [3.05, 3.63) is 81.8 Å². The van der Waals surface area contributed by atoms with Crippen LogP contribution in [0, 0.1) is 5.82 Å². The highest BCUT2D eigenvalue weighted by Gasteiger charge is 2.25. The summed E-state index contributed by atoms with van der Waals surface area (Å²) in [7, 11) is 1.54. The molecule has 0 aliphatic rings. The van der Waals surface area contributed by atoms with Gasteiger partial charge in [-0.1, -0.05) is 40.6 Å². The van der Waals surface area contributed by atoms with Crippen molar-refractivity contribution in [2.75, 3.05) is 12.0 Å². The third-order valence-electron chi connectivity index (χ3n) is 4.37. The number of amides is 1. The molecule has 0 N–H and O–H groups in total. The molecule has 30 heavy (non-hydrogen) atoms. The number of rotatable bonds is 5. The highest BCUT2D eigenvalue weighted by atomic mass is 35.5. The second-order valence-electron chi connectivity index (χ2n) is 6.30. The van der Waals surface area contributed by atoms with E-state index in [4.69, 9.17) is 27.9 Å². The molecule has 0 spiro atoms. The summed E-state index contributed by atoms with van der Waals surface area (Å²) < 4.78 is 19.6. The minimum atomic E-state index is -0.521. The van der Waals surface area contributed by atoms with E-state index in [0.717, 1.165) is 11.6 Å². The number of ether oxygens (including phenoxy) is 1. The Balaban J connectivity index is 1.84. The minimum absolute atomic E-state index is 0.0212. The van der Waals surface area contributed by atoms with Crippen molar-refractivity contribution in [3.8, 4) is 5.75 Å². The first-order valence-electron chi connectivity index (χ1n) is 8.77. The Morgan fingerprint density at radius 2 is 2.03 bits per heavy atom. The SMILES string of the molecule is COc1ccc(Cl)c2sc(N(Cc3cccnc3)C(=O)c3ccc(F)cc3Cl)nc12. The Hall–Kier alpha value is -2.74. The maximum absolute atomic E-state index is 13.5. The zero-order chi connectivity index (χ0) is 21.3. The molecule has 0 fully saturated rings. The lowest BCUT2D eigenvalue weighted by atomic mass is 10.2. The molecule has 0 aliphatic heterocycles. The van der Waals surface area contributed by atoms with E-state index in [2.05, 4.69) is 9.97 Å². The molecule has 0 atom stereocenters. The quantitative estimate of drug-likeness (QED) is 0.366. The van der Waals surface area contributed by atoms with Gasteiger partial charge < -0.3 is 4.74 Å². The van der Waals surface area contributed by atoms with Gasteiger partial charge in [0.15, 0.2) is 5.13 Å². The number of hydrogen-bond donors (Lipinski definition) is 0. The zero-order valence-electron chi connectivity index (χ0n) is 15.6. The second kappa shape index (κ2) is 8.55. The van der Waals surface area contributed by atoms with E-state index in [0.29, 0.717) is 26.1 Å². The van der Waals surface area contributed by atoms with Crippen molar-refractivity contribution >= 4 is 55.8 Å². The Bertz CT molecular complexity index is 1230. The molecule has 9 heteroatoms. The Kier molecular flexibility index (Phi) is 5.85. The first-order valence-corrected chi connectivity index (χ1v) is 10.3. The number of benzene rings is 2. The molecule has 4 aromatic rings. The summed E-state index contributed by atoms with van der Waals surface area (Å²) in [6, 6.07) is 10.7. The highest BCUT2D eigenvalue weighted by molar-refractivity contribution is 7.23. The molecular weight excluding hydrogens is 448 g/mol. The first kappa shape index (κ1) is 20.5. The summed E-state index contributed by atoms with van der Waals surface area (Å²) in [5, 5.41) is 0.932. The van der Waals surface area contributed by atoms with Crippen LogP contribution in [-0.2, 0) is 6.54 Å². The fraction of sp³-hybridized carbons (Fsp3) is 0.0952. The lowest BCUT2D eigenvalue weighted by Gasteiger charge is -2.20. The standard InChI is InChI=1S/C21H14Cl2FN3O2S/c1-29-17-7-6-15(22)19-18(17)26-21(30-19)27(11-12-3-2-8-25-10-12)20(28)14-5-4-13(24)9-16(14)23/h2-10H,11H2,1H3. The van der Waals surface area contributed by atoms with E-state index in [1.807, 2.05) is 6.07 Å². The van der Waals surface area contributed by atoms with Gasteiger partial charge in [-0.05, 0) is 42.0 Å². The van der Waals surface area contributed by atoms with Gasteiger partial charge in [0.05, 0.1) is 34.0 Å². The molecule has 0 saturated carbocycles. The van der Waals surface area contributed by atoms with Crippen molar-refractivity contribution in [2.45, 2.75) is 6.54 Å². The molecule has 0 saturated heterocycles. The van der Waals surface area contributed by atoms with Gasteiger partial charge in [-0.25, -0.2) is 9.37 Å². The number of hydrogen-bond acceptors (Lipinski definition) is 5. The molecule has 0 aliphatic carbocycles. The Labute approximate surface area is 185 Å². The van der Waals surface area contributed by atoms with Crippen molar-refractivity contribution in [1.29, 1.82) is 0 Å². The van der Waals surface area contributed by atoms with E-state index < -0.39 is 11.7 Å². The third kappa shape index (κ3) is 3.96. The molecule has 2 aromatic carbocycles. The van der Waals surface area contributed by atoms with Crippen LogP contribution in [-0.4, -0.2) is 23.0 Å². The van der Waals surface area contributed by atoms with Crippen molar-refractivity contribution in [2.24, 2.45) is 0 Å². The lowest BCUT2D eigenvalue weighted by molar-refractivity contribution is 0.0985. The summed E-state index contributed by atoms with van der Waals surface area (Å²) >= 11 is 13.8. The monoisotopic (exact) mass is 461 g/mol. The van der Waals surface area contributed by atoms with E-state index in [9.17, 15) is 9.18 Å². The maximum atomic E-state index is 13.5. The molecule has 5 nitrogen and oxygen atoms in total. The average Bonchev–Trinajstić information content (AvgIpc) is 3.19. The van der Waals surface area contributed by atoms with E-state index in [1.54, 1.807) is 37.7 Å². The van der Waals surface area contributed by atoms with Gasteiger partial charge in [-0.15, -0.1) is 0 Å². The van der Waals surface area contributed by atoms with Crippen LogP contribution in [0.15, 0.2) is 54.9 Å². The first-order chi connectivity index (χ1) is 14.5. The summed E-state index contributed by atoms with van der Waals surface area (Å²) in [5.41, 5.74) is 1.51. The van der Waals surface area contributed by atoms with Gasteiger partial charge >= 0.3 is 0 Å². The molecule has 4 rings (SSSR count). The highest BCUT2D eigenvalue weighted by Crippen LogP contribution is 2.39. The van der Waals surface area contributed by atoms with Crippen LogP contribution in [0.4, 0.5) is 9.52 Å². The number of thiazole rings is 1. The van der Waals surface area contributed by atoms with E-state index >= 15 is 0 Å². The Morgan fingerprint density at radius 3 is 2.73 bits per heavy atom. The molecular formula is C21H14Cl2FN3O2S. The van der Waals surface area contributed by atoms with Crippen LogP contribution in [0.1, 0.15) is 15.9 Å². The summed E-state index contributed by atoms with van der Waals surface area (Å²) in [5.74, 6) is -0.393. The number of halogens is 3. The van der Waals surface area contributed by atoms with Gasteiger partial charge in [0.1, 0.15) is 17.1 Å². The van der Waals surface area contributed by atoms with Crippen LogP contribution in [0.2, 0.25) is 10.0 Å². The molecule has 0 bridgehead atoms. The second-order valence-corrected chi connectivity index (χ2v) is 8.09. The van der Waals surface area contributed by atoms with Gasteiger partial charge in [-0.3, -0.25) is 14.7 Å². The number of aromatic nitrogens is 2. The largest absolute Gasteiger partial charge is 0.494 e. The van der Waals surface area contributed by atoms with Crippen molar-refractivity contribution in [1.82, 2.24) is 9.97 Å². The van der Waals surface area contributed by atoms with Crippen LogP contribution in [0.5, 0.6) is 5.75 Å². The fourth-order valence-electron chi connectivity index (χ4n) is 2.93. The number of anilines is 1. The smallest absolute Gasteiger partial charge is 0.261 e. The van der Waals surface area contributed by atoms with Crippen LogP contribution in [0.3, 0.4) is 0 Å². The van der Waals surface area contributed by atoms with Gasteiger partial charge in [0, 0.05) is 12.4 Å². The van der Waals surface area contributed by atoms with Crippen LogP contribution in [0.25, 0.3) is 10.2 Å². The van der Waals surface area contributed by atoms with Crippen molar-refractivity contribution in [3.63, 3.8) is 0 Å². The number of fused-ring (bicyclic) bond motifs is 1. The molecule has 2 heterocycles. The summed E-state index contributed by atoms with van der Waals surface area (Å²) in [6.45, 7) is 0.195. The number of pyridine rings is 1. The molecule has 152 valence electrons. The molecule has 0 radical (unpaired) electrons. The zero-order valence-corrected chi connectivity index (χ0v) is 17.9. The van der Waals surface area contributed by atoms with E-state index in [-0.39, 0.29) is 17.1 Å². The lowest BCUT2D eigenvalue weighted by Crippen LogP contribution is -2.30. The Morgan fingerprint density at radius 1 is 1.20 bits per heavy atom. The predicted molar refractivity (Wildman–Crippen MR) is 117 cm³/mol. The number of methoxy groups -OCH3 is 1. The van der Waals surface area contributed by atoms with Gasteiger partial charge in [-0.2, -0.15) is 0 Å². The van der Waals surface area contributed by atoms with Crippen LogP contribution >= 0.6 is 34.5 Å². The maximum Gasteiger partial charge on any atom is 0.261 e. The predicted octanol–water partition coefficient (Wildman–Crippen LogP) is 5.99. The average molecular weight is 462 g/mol. The van der Waals surface area contributed by atoms with E-state index in [1.165, 1.54) is 28.4 Å². The molecule has 1 amide bonds. The van der Waals surface area contributed by atoms with Crippen LogP contribution < -0.4 is 9.64 Å². The number of carbonyl (C=O) groups excluding carboxylic acids is 1.